The Bertz CT molecular complexity index is 1360. The fourth-order valence-electron chi connectivity index (χ4n) is 6.91. The number of benzene rings is 1. The third-order valence-corrected chi connectivity index (χ3v) is 8.82. The van der Waals surface area contributed by atoms with Crippen molar-refractivity contribution in [2.75, 3.05) is 46.7 Å². The molecule has 4 rings (SSSR count). The molecule has 1 aromatic rings. The summed E-state index contributed by atoms with van der Waals surface area (Å²) in [4.78, 5) is 71.1. The molecule has 11 nitrogen and oxygen atoms in total. The van der Waals surface area contributed by atoms with Crippen LogP contribution in [0.2, 0.25) is 0 Å². The van der Waals surface area contributed by atoms with Crippen molar-refractivity contribution < 1.29 is 47.4 Å². The Morgan fingerprint density at radius 1 is 1.10 bits per heavy atom. The molecule has 2 saturated carbocycles. The second-order valence-corrected chi connectivity index (χ2v) is 12.0. The summed E-state index contributed by atoms with van der Waals surface area (Å²) in [5.74, 6) is -11.6. The molecule has 0 heterocycles. The number of fused-ring (bicyclic) bond motifs is 3. The van der Waals surface area contributed by atoms with Crippen LogP contribution in [0.1, 0.15) is 34.3 Å². The normalized spacial score (nSPS) is 29.5. The predicted octanol–water partition coefficient (Wildman–Crippen LogP) is 0.317. The van der Waals surface area contributed by atoms with Crippen molar-refractivity contribution in [2.24, 2.45) is 29.4 Å². The van der Waals surface area contributed by atoms with Gasteiger partial charge >= 0.3 is 6.18 Å². The average Bonchev–Trinajstić information content (AvgIpc) is 2.85. The van der Waals surface area contributed by atoms with Gasteiger partial charge in [-0.2, -0.15) is 13.2 Å². The Morgan fingerprint density at radius 3 is 2.24 bits per heavy atom. The Balaban J connectivity index is 1.81. The second kappa shape index (κ2) is 10.7. The van der Waals surface area contributed by atoms with Crippen LogP contribution in [0.15, 0.2) is 6.07 Å². The minimum Gasteiger partial charge on any atom is -0.507 e. The van der Waals surface area contributed by atoms with Crippen molar-refractivity contribution in [3.63, 3.8) is 0 Å². The first kappa shape index (κ1) is 31.6. The van der Waals surface area contributed by atoms with Crippen LogP contribution in [-0.2, 0) is 32.1 Å². The molecule has 4 N–H and O–H groups in total. The van der Waals surface area contributed by atoms with E-state index in [1.807, 2.05) is 0 Å². The van der Waals surface area contributed by atoms with Crippen molar-refractivity contribution in [3.8, 4) is 5.75 Å². The molecule has 2 fully saturated rings. The second-order valence-electron chi connectivity index (χ2n) is 12.0. The summed E-state index contributed by atoms with van der Waals surface area (Å²) in [7, 11) is 7.82. The highest BCUT2D eigenvalue weighted by Crippen LogP contribution is 2.52. The number of hydrogen-bond acceptors (Lipinski definition) is 10. The molecule has 0 aromatic heterocycles. The molecule has 3 aliphatic carbocycles. The quantitative estimate of drug-likeness (QED) is 0.374. The molecule has 230 valence electrons. The van der Waals surface area contributed by atoms with E-state index >= 15 is 0 Å². The number of amides is 1. The number of alkyl halides is 3. The first-order chi connectivity index (χ1) is 19.3. The number of ketones is 4. The molecule has 14 heteroatoms. The summed E-state index contributed by atoms with van der Waals surface area (Å²) in [6.07, 6.45) is -5.47. The van der Waals surface area contributed by atoms with E-state index in [2.05, 4.69) is 0 Å². The van der Waals surface area contributed by atoms with E-state index < -0.39 is 82.7 Å². The molecule has 1 aromatic carbocycles. The van der Waals surface area contributed by atoms with E-state index in [0.717, 1.165) is 0 Å². The molecule has 42 heavy (non-hydrogen) atoms. The molecule has 3 aliphatic rings. The maximum atomic E-state index is 14.0. The predicted molar refractivity (Wildman–Crippen MR) is 143 cm³/mol. The van der Waals surface area contributed by atoms with Crippen LogP contribution in [0.3, 0.4) is 0 Å². The zero-order valence-electron chi connectivity index (χ0n) is 24.0. The topological polar surface area (TPSA) is 162 Å². The number of aliphatic hydroxyl groups is 1. The summed E-state index contributed by atoms with van der Waals surface area (Å²) in [5, 5.41) is 22.9. The van der Waals surface area contributed by atoms with Gasteiger partial charge in [0.2, 0.25) is 5.91 Å². The number of Topliss-reactive ketones (excluding diaryl/α,β-unsaturated/α-hetero) is 4. The summed E-state index contributed by atoms with van der Waals surface area (Å²) in [6, 6.07) is 0.378. The van der Waals surface area contributed by atoms with Gasteiger partial charge < -0.3 is 25.7 Å². The fourth-order valence-corrected chi connectivity index (χ4v) is 6.91. The largest absolute Gasteiger partial charge is 0.507 e. The fraction of sp³-hybridized carbons (Fsp3) is 0.607. The molecule has 0 spiro atoms. The number of phenols is 1. The minimum absolute atomic E-state index is 0.0805. The minimum atomic E-state index is -4.38. The van der Waals surface area contributed by atoms with E-state index in [1.165, 1.54) is 30.9 Å². The SMILES string of the molecule is CN(CCC(F)(F)F)Cc1cc(N(C)C)c2c(c1O)C(=O)C1C(=O)[C@]3(O)C(=O)C(C(N)=O)C(=O)[C@@H](N(C)C)[C@@H]3C[C@@H]1C2. The summed E-state index contributed by atoms with van der Waals surface area (Å²) < 4.78 is 38.3. The summed E-state index contributed by atoms with van der Waals surface area (Å²) >= 11 is 0. The standard InChI is InChI=1S/C28H35F3N4O7/c1-33(2)16-10-13(11-35(5)7-6-27(29,30)31)21(36)18-14(16)8-12-9-15-20(34(3)4)23(38)19(26(32)41)25(40)28(15,42)24(39)17(12)22(18)37/h10,12,15,17,19-20,36,42H,6-9,11H2,1-5H3,(H2,32,41)/t12-,15-,17?,19?,20-,28-/m0/s1. The van der Waals surface area contributed by atoms with Gasteiger partial charge in [0.25, 0.3) is 0 Å². The summed E-state index contributed by atoms with van der Waals surface area (Å²) in [5.41, 5.74) is 3.37. The van der Waals surface area contributed by atoms with E-state index in [9.17, 15) is 47.4 Å². The van der Waals surface area contributed by atoms with Crippen LogP contribution >= 0.6 is 0 Å². The van der Waals surface area contributed by atoms with Crippen LogP contribution in [-0.4, -0.2) is 109 Å². The number of halogens is 3. The highest BCUT2D eigenvalue weighted by atomic mass is 19.4. The number of rotatable bonds is 7. The zero-order valence-corrected chi connectivity index (χ0v) is 24.0. The third-order valence-electron chi connectivity index (χ3n) is 8.82. The van der Waals surface area contributed by atoms with E-state index in [1.54, 1.807) is 25.1 Å². The smallest absolute Gasteiger partial charge is 0.390 e. The van der Waals surface area contributed by atoms with Crippen molar-refractivity contribution in [2.45, 2.75) is 43.6 Å². The number of nitrogens with zero attached hydrogens (tertiary/aromatic N) is 3. The molecule has 1 amide bonds. The zero-order chi connectivity index (χ0) is 31.6. The summed E-state index contributed by atoms with van der Waals surface area (Å²) in [6.45, 7) is -0.499. The van der Waals surface area contributed by atoms with Gasteiger partial charge in [-0.1, -0.05) is 0 Å². The maximum Gasteiger partial charge on any atom is 0.390 e. The number of nitrogens with two attached hydrogens (primary N) is 1. The number of aromatic hydroxyl groups is 1. The molecular weight excluding hydrogens is 561 g/mol. The van der Waals surface area contributed by atoms with Crippen molar-refractivity contribution in [1.82, 2.24) is 9.80 Å². The first-order valence-electron chi connectivity index (χ1n) is 13.5. The Labute approximate surface area is 240 Å². The molecule has 0 bridgehead atoms. The number of hydrogen-bond donors (Lipinski definition) is 3. The van der Waals surface area contributed by atoms with Crippen molar-refractivity contribution in [3.05, 3.63) is 22.8 Å². The molecule has 2 unspecified atom stereocenters. The number of likely N-dealkylation sites (N-methyl/N-ethyl adjacent to an activating group) is 1. The van der Waals surface area contributed by atoms with E-state index in [4.69, 9.17) is 5.73 Å². The van der Waals surface area contributed by atoms with Crippen LogP contribution in [0.25, 0.3) is 0 Å². The van der Waals surface area contributed by atoms with Gasteiger partial charge in [0.1, 0.15) is 5.75 Å². The monoisotopic (exact) mass is 596 g/mol. The van der Waals surface area contributed by atoms with Gasteiger partial charge in [0, 0.05) is 44.4 Å². The van der Waals surface area contributed by atoms with Crippen LogP contribution in [0.4, 0.5) is 18.9 Å². The number of phenolic OH excluding ortho intramolecular Hbond substituents is 1. The van der Waals surface area contributed by atoms with Crippen LogP contribution in [0.5, 0.6) is 5.75 Å². The number of anilines is 1. The van der Waals surface area contributed by atoms with Crippen LogP contribution < -0.4 is 10.6 Å². The molecule has 6 atom stereocenters. The van der Waals surface area contributed by atoms with Crippen molar-refractivity contribution >= 4 is 34.7 Å². The Morgan fingerprint density at radius 2 is 1.71 bits per heavy atom. The van der Waals surface area contributed by atoms with Gasteiger partial charge in [0.15, 0.2) is 34.7 Å². The molecule has 0 radical (unpaired) electrons. The van der Waals surface area contributed by atoms with E-state index in [-0.39, 0.29) is 37.1 Å². The maximum absolute atomic E-state index is 14.0. The number of primary amides is 1. The number of carbonyl (C=O) groups is 5. The lowest BCUT2D eigenvalue weighted by Crippen LogP contribution is -2.74. The van der Waals surface area contributed by atoms with Crippen molar-refractivity contribution in [1.29, 1.82) is 0 Å². The van der Waals surface area contributed by atoms with Gasteiger partial charge in [-0.25, -0.2) is 0 Å². The highest BCUT2D eigenvalue weighted by Gasteiger charge is 2.69. The lowest BCUT2D eigenvalue weighted by molar-refractivity contribution is -0.181. The van der Waals surface area contributed by atoms with Gasteiger partial charge in [-0.05, 0) is 51.5 Å². The van der Waals surface area contributed by atoms with Gasteiger partial charge in [-0.15, -0.1) is 0 Å². The average molecular weight is 597 g/mol. The first-order valence-corrected chi connectivity index (χ1v) is 13.5. The van der Waals surface area contributed by atoms with Crippen LogP contribution in [0, 0.1) is 23.7 Å². The Kier molecular flexibility index (Phi) is 8.06. The number of carbonyl (C=O) groups excluding carboxylic acids is 5. The van der Waals surface area contributed by atoms with Gasteiger partial charge in [0.05, 0.1) is 23.9 Å². The van der Waals surface area contributed by atoms with E-state index in [0.29, 0.717) is 11.3 Å². The molecular formula is C28H35F3N4O7. The lowest BCUT2D eigenvalue weighted by atomic mass is 9.52. The molecule has 0 saturated heterocycles. The van der Waals surface area contributed by atoms with Gasteiger partial charge in [-0.3, -0.25) is 28.9 Å². The Hall–Kier alpha value is -3.36. The molecule has 0 aliphatic heterocycles. The lowest BCUT2D eigenvalue weighted by Gasteiger charge is -2.52. The third kappa shape index (κ3) is 4.98. The highest BCUT2D eigenvalue weighted by molar-refractivity contribution is 6.32.